The van der Waals surface area contributed by atoms with Crippen LogP contribution in [0.3, 0.4) is 0 Å². The van der Waals surface area contributed by atoms with E-state index in [0.717, 1.165) is 5.56 Å². The Kier molecular flexibility index (Phi) is 10.1. The second-order valence-corrected chi connectivity index (χ2v) is 7.69. The first-order valence-corrected chi connectivity index (χ1v) is 10.7. The van der Waals surface area contributed by atoms with E-state index in [1.54, 1.807) is 0 Å². The Morgan fingerprint density at radius 3 is 2.06 bits per heavy atom. The van der Waals surface area contributed by atoms with Gasteiger partial charge in [-0.2, -0.15) is 0 Å². The summed E-state index contributed by atoms with van der Waals surface area (Å²) in [6, 6.07) is 10.8. The summed E-state index contributed by atoms with van der Waals surface area (Å²) in [6.45, 7) is 1.35. The fourth-order valence-corrected chi connectivity index (χ4v) is 3.32. The molecule has 2 aromatic carbocycles. The summed E-state index contributed by atoms with van der Waals surface area (Å²) in [5, 5.41) is 37.1. The van der Waals surface area contributed by atoms with E-state index in [0.29, 0.717) is 25.9 Å². The third kappa shape index (κ3) is 9.16. The average molecular weight is 459 g/mol. The number of carboxylic acid groups (broad SMARTS) is 3. The molecule has 0 spiro atoms. The van der Waals surface area contributed by atoms with Crippen molar-refractivity contribution in [3.63, 3.8) is 0 Å². The van der Waals surface area contributed by atoms with Gasteiger partial charge in [-0.05, 0) is 54.6 Å². The van der Waals surface area contributed by atoms with Crippen molar-refractivity contribution in [1.82, 2.24) is 16.0 Å². The van der Waals surface area contributed by atoms with Gasteiger partial charge in [0.2, 0.25) is 0 Å². The number of aliphatic carboxylic acids is 3. The van der Waals surface area contributed by atoms with Crippen LogP contribution in [0.15, 0.2) is 42.5 Å². The van der Waals surface area contributed by atoms with Gasteiger partial charge in [0.1, 0.15) is 12.1 Å². The van der Waals surface area contributed by atoms with E-state index in [2.05, 4.69) is 46.3 Å². The van der Waals surface area contributed by atoms with Crippen molar-refractivity contribution in [3.05, 3.63) is 48.0 Å². The molecule has 0 unspecified atom stereocenters. The molecule has 0 aliphatic carbocycles. The van der Waals surface area contributed by atoms with Crippen LogP contribution < -0.4 is 16.0 Å². The number of hydrogen-bond donors (Lipinski definition) is 6. The molecule has 2 rings (SSSR count). The zero-order chi connectivity index (χ0) is 24.2. The Morgan fingerprint density at radius 1 is 0.788 bits per heavy atom. The van der Waals surface area contributed by atoms with Crippen molar-refractivity contribution in [2.75, 3.05) is 6.54 Å². The molecule has 10 nitrogen and oxygen atoms in total. The number of benzene rings is 2. The first-order chi connectivity index (χ1) is 15.8. The molecule has 2 atom stereocenters. The van der Waals surface area contributed by atoms with Crippen LogP contribution in [0.5, 0.6) is 0 Å². The number of amides is 2. The van der Waals surface area contributed by atoms with Crippen molar-refractivity contribution in [3.8, 4) is 0 Å². The van der Waals surface area contributed by atoms with Crippen molar-refractivity contribution < 1.29 is 34.5 Å². The minimum Gasteiger partial charge on any atom is -0.481 e. The minimum absolute atomic E-state index is 0.174. The molecule has 0 fully saturated rings. The van der Waals surface area contributed by atoms with Gasteiger partial charge in [-0.3, -0.25) is 4.79 Å². The van der Waals surface area contributed by atoms with Crippen molar-refractivity contribution in [1.29, 1.82) is 0 Å². The van der Waals surface area contributed by atoms with Gasteiger partial charge in [0.15, 0.2) is 0 Å². The van der Waals surface area contributed by atoms with E-state index in [-0.39, 0.29) is 12.8 Å². The van der Waals surface area contributed by atoms with Gasteiger partial charge < -0.3 is 31.3 Å². The highest BCUT2D eigenvalue weighted by Gasteiger charge is 2.24. The highest BCUT2D eigenvalue weighted by atomic mass is 16.4. The van der Waals surface area contributed by atoms with Crippen molar-refractivity contribution >= 4 is 34.7 Å². The lowest BCUT2D eigenvalue weighted by Crippen LogP contribution is -2.51. The number of rotatable bonds is 14. The maximum atomic E-state index is 12.0. The highest BCUT2D eigenvalue weighted by molar-refractivity contribution is 5.86. The van der Waals surface area contributed by atoms with Gasteiger partial charge in [0.25, 0.3) is 0 Å². The molecule has 0 aliphatic heterocycles. The maximum absolute atomic E-state index is 12.0. The third-order valence-electron chi connectivity index (χ3n) is 5.09. The Bertz CT molecular complexity index is 979. The number of fused-ring (bicyclic) bond motifs is 1. The monoisotopic (exact) mass is 459 g/mol. The smallest absolute Gasteiger partial charge is 0.326 e. The molecule has 10 heteroatoms. The van der Waals surface area contributed by atoms with Gasteiger partial charge in [-0.1, -0.05) is 36.4 Å². The SMILES string of the molecule is O=C(O)CC[C@H](NC(=O)N[C@@H](CCCCNCc1ccc2ccccc2c1)C(=O)O)C(=O)O. The van der Waals surface area contributed by atoms with Crippen LogP contribution in [0.25, 0.3) is 10.8 Å². The quantitative estimate of drug-likeness (QED) is 0.234. The summed E-state index contributed by atoms with van der Waals surface area (Å²) in [4.78, 5) is 45.2. The molecule has 0 saturated carbocycles. The van der Waals surface area contributed by atoms with Gasteiger partial charge in [0.05, 0.1) is 0 Å². The second-order valence-electron chi connectivity index (χ2n) is 7.69. The van der Waals surface area contributed by atoms with E-state index in [9.17, 15) is 24.3 Å². The molecule has 0 heterocycles. The molecule has 33 heavy (non-hydrogen) atoms. The van der Waals surface area contributed by atoms with Crippen molar-refractivity contribution in [2.45, 2.75) is 50.7 Å². The zero-order valence-corrected chi connectivity index (χ0v) is 18.1. The van der Waals surface area contributed by atoms with Crippen LogP contribution in [0.2, 0.25) is 0 Å². The predicted octanol–water partition coefficient (Wildman–Crippen LogP) is 2.17. The second kappa shape index (κ2) is 13.0. The first kappa shape index (κ1) is 25.6. The van der Waals surface area contributed by atoms with Crippen LogP contribution in [0.4, 0.5) is 4.79 Å². The normalized spacial score (nSPS) is 12.6. The van der Waals surface area contributed by atoms with E-state index in [1.165, 1.54) is 10.8 Å². The van der Waals surface area contributed by atoms with Crippen LogP contribution in [0, 0.1) is 0 Å². The van der Waals surface area contributed by atoms with Crippen LogP contribution in [0.1, 0.15) is 37.7 Å². The van der Waals surface area contributed by atoms with E-state index < -0.39 is 42.4 Å². The molecule has 0 aliphatic rings. The van der Waals surface area contributed by atoms with E-state index >= 15 is 0 Å². The van der Waals surface area contributed by atoms with E-state index in [4.69, 9.17) is 10.2 Å². The standard InChI is InChI=1S/C23H29N3O7/c27-20(28)11-10-19(22(31)32)26-23(33)25-18(21(29)30)7-3-4-12-24-14-15-8-9-16-5-1-2-6-17(16)13-15/h1-2,5-6,8-9,13,18-19,24H,3-4,7,10-12,14H2,(H,27,28)(H,29,30)(H,31,32)(H2,25,26,33)/t18-,19-/m0/s1. The van der Waals surface area contributed by atoms with Crippen molar-refractivity contribution in [2.24, 2.45) is 0 Å². The largest absolute Gasteiger partial charge is 0.481 e. The average Bonchev–Trinajstić information content (AvgIpc) is 2.77. The summed E-state index contributed by atoms with van der Waals surface area (Å²) in [6.07, 6.45) is 0.651. The molecule has 0 radical (unpaired) electrons. The Hall–Kier alpha value is -3.66. The molecule has 178 valence electrons. The lowest BCUT2D eigenvalue weighted by Gasteiger charge is -2.18. The fraction of sp³-hybridized carbons (Fsp3) is 0.391. The number of nitrogens with one attached hydrogen (secondary N) is 3. The van der Waals surface area contributed by atoms with Crippen LogP contribution in [-0.4, -0.2) is 57.9 Å². The molecule has 2 aromatic rings. The Morgan fingerprint density at radius 2 is 1.42 bits per heavy atom. The van der Waals surface area contributed by atoms with Gasteiger partial charge in [0, 0.05) is 13.0 Å². The summed E-state index contributed by atoms with van der Waals surface area (Å²) < 4.78 is 0. The summed E-state index contributed by atoms with van der Waals surface area (Å²) in [5.41, 5.74) is 1.14. The zero-order valence-electron chi connectivity index (χ0n) is 18.1. The number of unbranched alkanes of at least 4 members (excludes halogenated alkanes) is 1. The third-order valence-corrected chi connectivity index (χ3v) is 5.09. The van der Waals surface area contributed by atoms with Gasteiger partial charge >= 0.3 is 23.9 Å². The lowest BCUT2D eigenvalue weighted by atomic mass is 10.1. The number of hydrogen-bond acceptors (Lipinski definition) is 5. The summed E-state index contributed by atoms with van der Waals surface area (Å²) in [5.74, 6) is -3.82. The molecule has 0 aromatic heterocycles. The lowest BCUT2D eigenvalue weighted by molar-refractivity contribution is -0.140. The molecular weight excluding hydrogens is 430 g/mol. The number of carbonyl (C=O) groups is 4. The predicted molar refractivity (Wildman–Crippen MR) is 121 cm³/mol. The minimum atomic E-state index is -1.42. The van der Waals surface area contributed by atoms with Crippen LogP contribution >= 0.6 is 0 Å². The molecular formula is C23H29N3O7. The fourth-order valence-electron chi connectivity index (χ4n) is 3.32. The highest BCUT2D eigenvalue weighted by Crippen LogP contribution is 2.15. The number of carbonyl (C=O) groups excluding carboxylic acids is 1. The van der Waals surface area contributed by atoms with Gasteiger partial charge in [-0.25, -0.2) is 14.4 Å². The summed E-state index contributed by atoms with van der Waals surface area (Å²) >= 11 is 0. The van der Waals surface area contributed by atoms with E-state index in [1.807, 2.05) is 12.1 Å². The first-order valence-electron chi connectivity index (χ1n) is 10.7. The Labute approximate surface area is 191 Å². The number of urea groups is 1. The molecule has 0 saturated heterocycles. The molecule has 2 amide bonds. The van der Waals surface area contributed by atoms with Crippen LogP contribution in [-0.2, 0) is 20.9 Å². The number of carboxylic acids is 3. The molecule has 6 N–H and O–H groups in total. The summed E-state index contributed by atoms with van der Waals surface area (Å²) in [7, 11) is 0. The topological polar surface area (TPSA) is 165 Å². The molecule has 0 bridgehead atoms. The Balaban J connectivity index is 1.71. The van der Waals surface area contributed by atoms with Gasteiger partial charge in [-0.15, -0.1) is 0 Å². The maximum Gasteiger partial charge on any atom is 0.326 e.